The third kappa shape index (κ3) is 2.06. The van der Waals surface area contributed by atoms with Gasteiger partial charge in [0.1, 0.15) is 11.1 Å². The minimum atomic E-state index is -1.09. The van der Waals surface area contributed by atoms with Crippen LogP contribution in [0.1, 0.15) is 35.6 Å². The smallest absolute Gasteiger partial charge is 0.353 e. The van der Waals surface area contributed by atoms with E-state index >= 15 is 0 Å². The number of carbonyl (C=O) groups excluding carboxylic acids is 1. The molecule has 8 nitrogen and oxygen atoms in total. The number of aryl methyl sites for hydroxylation is 2. The Kier molecular flexibility index (Phi) is 3.24. The Hall–Kier alpha value is -2.68. The van der Waals surface area contributed by atoms with Crippen LogP contribution in [-0.4, -0.2) is 46.8 Å². The summed E-state index contributed by atoms with van der Waals surface area (Å²) in [5.41, 5.74) is 3.94. The Labute approximate surface area is 152 Å². The summed E-state index contributed by atoms with van der Waals surface area (Å²) in [6.45, 7) is 2.00. The van der Waals surface area contributed by atoms with Gasteiger partial charge in [-0.15, -0.1) is 16.9 Å². The van der Waals surface area contributed by atoms with Crippen LogP contribution >= 0.6 is 11.8 Å². The Balaban J connectivity index is 1.53. The van der Waals surface area contributed by atoms with E-state index < -0.39 is 5.97 Å². The van der Waals surface area contributed by atoms with Crippen molar-refractivity contribution in [2.24, 2.45) is 0 Å². The van der Waals surface area contributed by atoms with Gasteiger partial charge < -0.3 is 5.11 Å². The fourth-order valence-electron chi connectivity index (χ4n) is 3.77. The van der Waals surface area contributed by atoms with Gasteiger partial charge in [0.25, 0.3) is 11.7 Å². The molecule has 0 radical (unpaired) electrons. The fraction of sp³-hybridized carbons (Fsp3) is 0.353. The average Bonchev–Trinajstić information content (AvgIpc) is 3.21. The van der Waals surface area contributed by atoms with E-state index in [1.807, 2.05) is 6.92 Å². The lowest BCUT2D eigenvalue weighted by Gasteiger charge is -2.36. The third-order valence-electron chi connectivity index (χ3n) is 5.04. The second kappa shape index (κ2) is 5.41. The second-order valence-corrected chi connectivity index (χ2v) is 7.54. The molecule has 2 aromatic rings. The van der Waals surface area contributed by atoms with Gasteiger partial charge in [-0.3, -0.25) is 9.69 Å². The second-order valence-electron chi connectivity index (χ2n) is 6.58. The molecule has 0 aromatic carbocycles. The first-order chi connectivity index (χ1) is 12.5. The van der Waals surface area contributed by atoms with E-state index in [0.29, 0.717) is 17.2 Å². The van der Waals surface area contributed by atoms with Crippen molar-refractivity contribution in [3.8, 4) is 0 Å². The molecule has 132 valence electrons. The predicted octanol–water partition coefficient (Wildman–Crippen LogP) is 1.54. The van der Waals surface area contributed by atoms with Gasteiger partial charge >= 0.3 is 5.97 Å². The number of carbonyl (C=O) groups is 2. The molecule has 5 rings (SSSR count). The van der Waals surface area contributed by atoms with Crippen LogP contribution in [0.15, 0.2) is 16.7 Å². The minimum Gasteiger partial charge on any atom is -0.477 e. The van der Waals surface area contributed by atoms with E-state index in [1.54, 1.807) is 10.6 Å². The Morgan fingerprint density at radius 2 is 2.15 bits per heavy atom. The molecule has 2 aliphatic heterocycles. The summed E-state index contributed by atoms with van der Waals surface area (Å²) >= 11 is 1.31. The minimum absolute atomic E-state index is 0.0245. The Bertz CT molecular complexity index is 1050. The molecule has 1 saturated heterocycles. The molecule has 1 atom stereocenters. The zero-order chi connectivity index (χ0) is 18.0. The van der Waals surface area contributed by atoms with Crippen LogP contribution in [-0.2, 0) is 22.4 Å². The number of hydrogen-bond acceptors (Lipinski definition) is 6. The summed E-state index contributed by atoms with van der Waals surface area (Å²) in [5, 5.41) is 14.9. The number of aliphatic carboxylic acids is 1. The van der Waals surface area contributed by atoms with Crippen molar-refractivity contribution in [1.29, 1.82) is 0 Å². The summed E-state index contributed by atoms with van der Waals surface area (Å²) < 4.78 is 1.79. The molecule has 0 bridgehead atoms. The number of carboxylic acid groups (broad SMARTS) is 1. The van der Waals surface area contributed by atoms with Gasteiger partial charge in [0.15, 0.2) is 5.82 Å². The van der Waals surface area contributed by atoms with E-state index in [1.165, 1.54) is 27.6 Å². The first-order valence-corrected chi connectivity index (χ1v) is 9.38. The number of β-lactam (4-membered cyclic amide) rings is 1. The molecular weight excluding hydrogens is 354 g/mol. The van der Waals surface area contributed by atoms with Gasteiger partial charge in [-0.05, 0) is 44.2 Å². The van der Waals surface area contributed by atoms with Crippen molar-refractivity contribution in [2.75, 3.05) is 0 Å². The van der Waals surface area contributed by atoms with Gasteiger partial charge in [-0.25, -0.2) is 14.3 Å². The van der Waals surface area contributed by atoms with Crippen LogP contribution in [0.2, 0.25) is 0 Å². The van der Waals surface area contributed by atoms with E-state index in [9.17, 15) is 9.59 Å². The number of hydrogen-bond donors (Lipinski definition) is 1. The largest absolute Gasteiger partial charge is 0.477 e. The predicted molar refractivity (Wildman–Crippen MR) is 94.1 cm³/mol. The van der Waals surface area contributed by atoms with E-state index in [2.05, 4.69) is 15.1 Å². The molecular formula is C17H15N5O3S. The highest BCUT2D eigenvalue weighted by atomic mass is 32.2. The molecule has 1 amide bonds. The molecule has 4 heterocycles. The van der Waals surface area contributed by atoms with E-state index in [-0.39, 0.29) is 17.0 Å². The molecule has 0 unspecified atom stereocenters. The summed E-state index contributed by atoms with van der Waals surface area (Å²) in [5.74, 6) is -0.423. The highest BCUT2D eigenvalue weighted by Crippen LogP contribution is 2.44. The third-order valence-corrected chi connectivity index (χ3v) is 6.13. The number of nitrogens with zero attached hydrogens (tertiary/aromatic N) is 5. The van der Waals surface area contributed by atoms with Crippen LogP contribution in [0.5, 0.6) is 0 Å². The lowest BCUT2D eigenvalue weighted by Crippen LogP contribution is -2.51. The number of fused-ring (bicyclic) bond motifs is 4. The molecule has 0 saturated carbocycles. The standard InChI is InChI=1S/C17H15N5O3S/c1-8-9-4-2-3-5-11(9)22-17(18-8)19-13(20-22)6-10-14(23)21-12(16(24)25)7-26-15(10)21/h6-7,15H,2-5H2,1H3,(H,24,25)/t15-/m1/s1. The lowest BCUT2D eigenvalue weighted by molar-refractivity contribution is -0.141. The summed E-state index contributed by atoms with van der Waals surface area (Å²) in [6, 6.07) is 0. The first kappa shape index (κ1) is 15.6. The Morgan fingerprint density at radius 1 is 1.35 bits per heavy atom. The highest BCUT2D eigenvalue weighted by molar-refractivity contribution is 8.03. The maximum Gasteiger partial charge on any atom is 0.353 e. The van der Waals surface area contributed by atoms with Crippen LogP contribution in [0.4, 0.5) is 0 Å². The molecule has 9 heteroatoms. The van der Waals surface area contributed by atoms with Crippen molar-refractivity contribution in [1.82, 2.24) is 24.5 Å². The molecule has 1 aliphatic carbocycles. The summed E-state index contributed by atoms with van der Waals surface area (Å²) in [4.78, 5) is 33.8. The normalized spacial score (nSPS) is 23.0. The van der Waals surface area contributed by atoms with Crippen molar-refractivity contribution >= 4 is 35.5 Å². The first-order valence-electron chi connectivity index (χ1n) is 8.44. The quantitative estimate of drug-likeness (QED) is 0.633. The van der Waals surface area contributed by atoms with Gasteiger partial charge in [0.05, 0.1) is 11.3 Å². The molecule has 1 fully saturated rings. The highest BCUT2D eigenvalue weighted by Gasteiger charge is 2.49. The van der Waals surface area contributed by atoms with Crippen LogP contribution in [0, 0.1) is 6.92 Å². The average molecular weight is 369 g/mol. The van der Waals surface area contributed by atoms with Gasteiger partial charge in [-0.2, -0.15) is 4.98 Å². The summed E-state index contributed by atoms with van der Waals surface area (Å²) in [7, 11) is 0. The van der Waals surface area contributed by atoms with Crippen molar-refractivity contribution in [2.45, 2.75) is 38.0 Å². The van der Waals surface area contributed by atoms with Crippen molar-refractivity contribution in [3.63, 3.8) is 0 Å². The molecule has 2 aromatic heterocycles. The molecule has 1 N–H and O–H groups in total. The fourth-order valence-corrected chi connectivity index (χ4v) is 4.89. The van der Waals surface area contributed by atoms with Crippen LogP contribution in [0.25, 0.3) is 11.9 Å². The number of rotatable bonds is 2. The maximum absolute atomic E-state index is 12.3. The number of aromatic nitrogens is 4. The van der Waals surface area contributed by atoms with Crippen LogP contribution in [0.3, 0.4) is 0 Å². The lowest BCUT2D eigenvalue weighted by atomic mass is 9.95. The number of carboxylic acids is 1. The van der Waals surface area contributed by atoms with Gasteiger partial charge in [-0.1, -0.05) is 0 Å². The van der Waals surface area contributed by atoms with Crippen molar-refractivity contribution in [3.05, 3.63) is 39.5 Å². The monoisotopic (exact) mass is 369 g/mol. The summed E-state index contributed by atoms with van der Waals surface area (Å²) in [6.07, 6.45) is 5.89. The molecule has 26 heavy (non-hydrogen) atoms. The zero-order valence-electron chi connectivity index (χ0n) is 14.0. The Morgan fingerprint density at radius 3 is 2.96 bits per heavy atom. The maximum atomic E-state index is 12.3. The topological polar surface area (TPSA) is 101 Å². The van der Waals surface area contributed by atoms with Gasteiger partial charge in [0.2, 0.25) is 0 Å². The van der Waals surface area contributed by atoms with Crippen molar-refractivity contribution < 1.29 is 14.7 Å². The SMILES string of the molecule is Cc1nc2nc(C=C3C(=O)N4C(C(=O)O)=CS[C@H]34)nn2c2c1CCCC2. The van der Waals surface area contributed by atoms with Crippen LogP contribution < -0.4 is 0 Å². The van der Waals surface area contributed by atoms with Gasteiger partial charge in [0, 0.05) is 11.1 Å². The zero-order valence-corrected chi connectivity index (χ0v) is 14.8. The molecule has 0 spiro atoms. The molecule has 3 aliphatic rings. The van der Waals surface area contributed by atoms with E-state index in [0.717, 1.165) is 37.1 Å². The van der Waals surface area contributed by atoms with E-state index in [4.69, 9.17) is 5.11 Å². The number of amides is 1. The number of thioether (sulfide) groups is 1.